The van der Waals surface area contributed by atoms with Gasteiger partial charge in [0.25, 0.3) is 5.91 Å². The first-order valence-electron chi connectivity index (χ1n) is 6.37. The van der Waals surface area contributed by atoms with Gasteiger partial charge in [0, 0.05) is 5.56 Å². The van der Waals surface area contributed by atoms with Gasteiger partial charge in [-0.15, -0.1) is 0 Å². The molecule has 0 spiro atoms. The maximum Gasteiger partial charge on any atom is 0.258 e. The minimum absolute atomic E-state index is 0.0360. The highest BCUT2D eigenvalue weighted by Crippen LogP contribution is 2.32. The lowest BCUT2D eigenvalue weighted by molar-refractivity contribution is 0.0976. The summed E-state index contributed by atoms with van der Waals surface area (Å²) in [5.41, 5.74) is 2.60. The van der Waals surface area contributed by atoms with Crippen molar-refractivity contribution in [3.8, 4) is 5.75 Å². The molecule has 0 bridgehead atoms. The van der Waals surface area contributed by atoms with Crippen molar-refractivity contribution < 1.29 is 9.53 Å². The van der Waals surface area contributed by atoms with Gasteiger partial charge in [0.1, 0.15) is 12.4 Å². The third-order valence-corrected chi connectivity index (χ3v) is 3.35. The van der Waals surface area contributed by atoms with E-state index in [-0.39, 0.29) is 5.91 Å². The summed E-state index contributed by atoms with van der Waals surface area (Å²) in [6.07, 6.45) is 0. The van der Waals surface area contributed by atoms with Crippen LogP contribution in [0.1, 0.15) is 15.9 Å². The molecule has 0 atom stereocenters. The van der Waals surface area contributed by atoms with E-state index in [0.717, 1.165) is 22.6 Å². The van der Waals surface area contributed by atoms with E-state index in [2.05, 4.69) is 0 Å². The molecule has 0 unspecified atom stereocenters. The molecule has 3 rings (SSSR count). The number of rotatable bonds is 1. The Morgan fingerprint density at radius 1 is 1.11 bits per heavy atom. The predicted octanol–water partition coefficient (Wildman–Crippen LogP) is 3.03. The lowest BCUT2D eigenvalue weighted by Gasteiger charge is -2.29. The maximum absolute atomic E-state index is 12.7. The number of nitrogens with zero attached hydrogens (tertiary/aromatic N) is 1. The average molecular weight is 253 g/mol. The van der Waals surface area contributed by atoms with Crippen LogP contribution < -0.4 is 9.64 Å². The number of hydrogen-bond acceptors (Lipinski definition) is 2. The number of carbonyl (C=O) groups excluding carboxylic acids is 1. The van der Waals surface area contributed by atoms with E-state index in [9.17, 15) is 4.79 Å². The van der Waals surface area contributed by atoms with Crippen molar-refractivity contribution in [1.29, 1.82) is 0 Å². The molecule has 0 saturated heterocycles. The van der Waals surface area contributed by atoms with Crippen molar-refractivity contribution in [1.82, 2.24) is 0 Å². The first-order chi connectivity index (χ1) is 9.27. The second kappa shape index (κ2) is 4.76. The smallest absolute Gasteiger partial charge is 0.258 e. The van der Waals surface area contributed by atoms with E-state index in [1.807, 2.05) is 55.5 Å². The molecule has 0 aliphatic carbocycles. The number of anilines is 1. The van der Waals surface area contributed by atoms with E-state index in [1.165, 1.54) is 0 Å². The van der Waals surface area contributed by atoms with Crippen LogP contribution in [-0.4, -0.2) is 19.1 Å². The highest BCUT2D eigenvalue weighted by Gasteiger charge is 2.24. The number of benzene rings is 2. The summed E-state index contributed by atoms with van der Waals surface area (Å²) in [6.45, 7) is 3.08. The Labute approximate surface area is 112 Å². The van der Waals surface area contributed by atoms with E-state index in [4.69, 9.17) is 4.74 Å². The summed E-state index contributed by atoms with van der Waals surface area (Å²) in [6, 6.07) is 15.3. The number of carbonyl (C=O) groups is 1. The normalized spacial score (nSPS) is 13.6. The standard InChI is InChI=1S/C16H15NO2/c1-12-6-2-3-7-13(12)16(18)17-10-11-19-15-9-5-4-8-14(15)17/h2-9H,10-11H2,1H3. The van der Waals surface area contributed by atoms with Crippen molar-refractivity contribution in [2.45, 2.75) is 6.92 Å². The summed E-state index contributed by atoms with van der Waals surface area (Å²) in [5, 5.41) is 0. The zero-order chi connectivity index (χ0) is 13.2. The number of aryl methyl sites for hydroxylation is 1. The Morgan fingerprint density at radius 3 is 2.68 bits per heavy atom. The predicted molar refractivity (Wildman–Crippen MR) is 74.8 cm³/mol. The molecule has 2 aromatic rings. The molecule has 96 valence electrons. The van der Waals surface area contributed by atoms with Gasteiger partial charge in [0.2, 0.25) is 0 Å². The van der Waals surface area contributed by atoms with Crippen LogP contribution in [0.5, 0.6) is 5.75 Å². The van der Waals surface area contributed by atoms with Crippen LogP contribution in [0.4, 0.5) is 5.69 Å². The molecule has 0 aromatic heterocycles. The molecule has 1 aliphatic rings. The van der Waals surface area contributed by atoms with Crippen LogP contribution in [0.25, 0.3) is 0 Å². The lowest BCUT2D eigenvalue weighted by Crippen LogP contribution is -2.38. The topological polar surface area (TPSA) is 29.5 Å². The molecular weight excluding hydrogens is 238 g/mol. The summed E-state index contributed by atoms with van der Waals surface area (Å²) < 4.78 is 5.58. The third-order valence-electron chi connectivity index (χ3n) is 3.35. The number of amides is 1. The van der Waals surface area contributed by atoms with Crippen molar-refractivity contribution in [3.63, 3.8) is 0 Å². The van der Waals surface area contributed by atoms with Gasteiger partial charge in [0.15, 0.2) is 0 Å². The van der Waals surface area contributed by atoms with Gasteiger partial charge in [0.05, 0.1) is 12.2 Å². The second-order valence-electron chi connectivity index (χ2n) is 4.59. The van der Waals surface area contributed by atoms with Gasteiger partial charge < -0.3 is 9.64 Å². The van der Waals surface area contributed by atoms with E-state index < -0.39 is 0 Å². The molecule has 1 aliphatic heterocycles. The molecule has 1 heterocycles. The van der Waals surface area contributed by atoms with Crippen molar-refractivity contribution in [2.24, 2.45) is 0 Å². The average Bonchev–Trinajstić information content (AvgIpc) is 2.46. The fourth-order valence-electron chi connectivity index (χ4n) is 2.34. The molecule has 0 saturated carbocycles. The SMILES string of the molecule is Cc1ccccc1C(=O)N1CCOc2ccccc21. The minimum atomic E-state index is 0.0360. The van der Waals surface area contributed by atoms with Crippen LogP contribution in [0.15, 0.2) is 48.5 Å². The molecule has 0 fully saturated rings. The minimum Gasteiger partial charge on any atom is -0.490 e. The van der Waals surface area contributed by atoms with Crippen LogP contribution in [0.3, 0.4) is 0 Å². The fraction of sp³-hybridized carbons (Fsp3) is 0.188. The van der Waals surface area contributed by atoms with Crippen LogP contribution in [-0.2, 0) is 0 Å². The molecule has 0 radical (unpaired) electrons. The molecule has 1 amide bonds. The lowest BCUT2D eigenvalue weighted by atomic mass is 10.1. The summed E-state index contributed by atoms with van der Waals surface area (Å²) in [7, 11) is 0. The summed E-state index contributed by atoms with van der Waals surface area (Å²) >= 11 is 0. The summed E-state index contributed by atoms with van der Waals surface area (Å²) in [5.74, 6) is 0.810. The van der Waals surface area contributed by atoms with Gasteiger partial charge in [-0.1, -0.05) is 30.3 Å². The van der Waals surface area contributed by atoms with Gasteiger partial charge in [-0.3, -0.25) is 4.79 Å². The van der Waals surface area contributed by atoms with Crippen LogP contribution in [0, 0.1) is 6.92 Å². The first-order valence-corrected chi connectivity index (χ1v) is 6.37. The van der Waals surface area contributed by atoms with E-state index in [0.29, 0.717) is 13.2 Å². The zero-order valence-electron chi connectivity index (χ0n) is 10.8. The van der Waals surface area contributed by atoms with Crippen molar-refractivity contribution in [3.05, 3.63) is 59.7 Å². The van der Waals surface area contributed by atoms with Gasteiger partial charge in [-0.05, 0) is 30.7 Å². The van der Waals surface area contributed by atoms with E-state index >= 15 is 0 Å². The Bertz CT molecular complexity index is 622. The Balaban J connectivity index is 2.00. The monoisotopic (exact) mass is 253 g/mol. The number of ether oxygens (including phenoxy) is 1. The molecule has 3 heteroatoms. The van der Waals surface area contributed by atoms with Gasteiger partial charge >= 0.3 is 0 Å². The number of para-hydroxylation sites is 2. The number of fused-ring (bicyclic) bond motifs is 1. The van der Waals surface area contributed by atoms with Gasteiger partial charge in [-0.2, -0.15) is 0 Å². The largest absolute Gasteiger partial charge is 0.490 e. The molecule has 0 N–H and O–H groups in total. The maximum atomic E-state index is 12.7. The molecule has 2 aromatic carbocycles. The van der Waals surface area contributed by atoms with Crippen molar-refractivity contribution >= 4 is 11.6 Å². The second-order valence-corrected chi connectivity index (χ2v) is 4.59. The summed E-state index contributed by atoms with van der Waals surface area (Å²) in [4.78, 5) is 14.4. The first kappa shape index (κ1) is 11.8. The highest BCUT2D eigenvalue weighted by atomic mass is 16.5. The molecule has 19 heavy (non-hydrogen) atoms. The molecular formula is C16H15NO2. The third kappa shape index (κ3) is 2.08. The Morgan fingerprint density at radius 2 is 1.84 bits per heavy atom. The fourth-order valence-corrected chi connectivity index (χ4v) is 2.34. The Kier molecular flexibility index (Phi) is 2.95. The van der Waals surface area contributed by atoms with Gasteiger partial charge in [-0.25, -0.2) is 0 Å². The van der Waals surface area contributed by atoms with Crippen LogP contribution >= 0.6 is 0 Å². The van der Waals surface area contributed by atoms with E-state index in [1.54, 1.807) is 4.90 Å². The molecule has 3 nitrogen and oxygen atoms in total. The van der Waals surface area contributed by atoms with Crippen LogP contribution in [0.2, 0.25) is 0 Å². The Hall–Kier alpha value is -2.29. The quantitative estimate of drug-likeness (QED) is 0.781. The number of hydrogen-bond donors (Lipinski definition) is 0. The highest BCUT2D eigenvalue weighted by molar-refractivity contribution is 6.08. The van der Waals surface area contributed by atoms with Crippen molar-refractivity contribution in [2.75, 3.05) is 18.1 Å². The zero-order valence-corrected chi connectivity index (χ0v) is 10.8.